The summed E-state index contributed by atoms with van der Waals surface area (Å²) in [5, 5.41) is 2.92. The molecule has 0 aliphatic carbocycles. The molecule has 0 radical (unpaired) electrons. The first kappa shape index (κ1) is 30.9. The molecule has 0 aromatic heterocycles. The summed E-state index contributed by atoms with van der Waals surface area (Å²) in [6.07, 6.45) is 1.16. The molecule has 0 bridgehead atoms. The van der Waals surface area contributed by atoms with Crippen LogP contribution >= 0.6 is 0 Å². The Hall–Kier alpha value is -3.65. The van der Waals surface area contributed by atoms with Crippen molar-refractivity contribution in [2.45, 2.75) is 71.9 Å². The minimum atomic E-state index is -4.10. The number of hydrogen-bond acceptors (Lipinski definition) is 4. The van der Waals surface area contributed by atoms with Gasteiger partial charge in [0, 0.05) is 13.1 Å². The van der Waals surface area contributed by atoms with Crippen LogP contribution in [0.15, 0.2) is 71.6 Å². The lowest BCUT2D eigenvalue weighted by Gasteiger charge is -2.34. The SMILES string of the molecule is CCCNC(=O)[C@H](CC)N(Cc1ccccc1C)C(=O)CN(c1cc(C)ccc1C)S(=O)(=O)c1ccc(C)cc1. The number of anilines is 1. The Labute approximate surface area is 239 Å². The number of carbonyl (C=O) groups excluding carboxylic acids is 2. The van der Waals surface area contributed by atoms with Crippen molar-refractivity contribution in [2.75, 3.05) is 17.4 Å². The summed E-state index contributed by atoms with van der Waals surface area (Å²) in [6, 6.07) is 19.1. The second-order valence-corrected chi connectivity index (χ2v) is 12.1. The highest BCUT2D eigenvalue weighted by atomic mass is 32.2. The largest absolute Gasteiger partial charge is 0.354 e. The second-order valence-electron chi connectivity index (χ2n) is 10.3. The van der Waals surface area contributed by atoms with Crippen molar-refractivity contribution in [1.82, 2.24) is 10.2 Å². The van der Waals surface area contributed by atoms with Crippen LogP contribution in [-0.4, -0.2) is 44.3 Å². The van der Waals surface area contributed by atoms with Crippen LogP contribution in [0, 0.1) is 27.7 Å². The van der Waals surface area contributed by atoms with Crippen molar-refractivity contribution in [3.8, 4) is 0 Å². The van der Waals surface area contributed by atoms with Crippen LogP contribution in [0.4, 0.5) is 5.69 Å². The van der Waals surface area contributed by atoms with E-state index in [9.17, 15) is 18.0 Å². The molecule has 1 atom stereocenters. The van der Waals surface area contributed by atoms with E-state index in [1.54, 1.807) is 30.3 Å². The molecule has 0 heterocycles. The molecule has 0 saturated carbocycles. The zero-order valence-electron chi connectivity index (χ0n) is 24.4. The molecule has 0 unspecified atom stereocenters. The van der Waals surface area contributed by atoms with Gasteiger partial charge < -0.3 is 10.2 Å². The normalized spacial score (nSPS) is 12.1. The summed E-state index contributed by atoms with van der Waals surface area (Å²) in [5.74, 6) is -0.690. The standard InChI is InChI=1S/C32H41N3O4S/c1-7-19-33-32(37)29(8-2)34(21-27-12-10-9-11-25(27)5)31(36)22-35(30-20-24(4)13-16-26(30)6)40(38,39)28-17-14-23(3)15-18-28/h9-18,20,29H,7-8,19,21-22H2,1-6H3,(H,33,37)/t29-/m0/s1. The maximum atomic E-state index is 14.2. The van der Waals surface area contributed by atoms with Crippen molar-refractivity contribution < 1.29 is 18.0 Å². The van der Waals surface area contributed by atoms with Crippen LogP contribution < -0.4 is 9.62 Å². The number of sulfonamides is 1. The lowest BCUT2D eigenvalue weighted by molar-refractivity contribution is -0.140. The van der Waals surface area contributed by atoms with Crippen LogP contribution in [0.3, 0.4) is 0 Å². The molecule has 3 rings (SSSR count). The first-order valence-electron chi connectivity index (χ1n) is 13.8. The van der Waals surface area contributed by atoms with Gasteiger partial charge in [0.1, 0.15) is 12.6 Å². The number of benzene rings is 3. The quantitative estimate of drug-likeness (QED) is 0.318. The van der Waals surface area contributed by atoms with E-state index in [0.29, 0.717) is 18.7 Å². The van der Waals surface area contributed by atoms with Crippen LogP contribution in [-0.2, 0) is 26.2 Å². The van der Waals surface area contributed by atoms with Gasteiger partial charge >= 0.3 is 0 Å². The molecule has 3 aromatic carbocycles. The highest BCUT2D eigenvalue weighted by Crippen LogP contribution is 2.29. The third-order valence-corrected chi connectivity index (χ3v) is 8.83. The smallest absolute Gasteiger partial charge is 0.264 e. The van der Waals surface area contributed by atoms with Crippen molar-refractivity contribution >= 4 is 27.5 Å². The van der Waals surface area contributed by atoms with Gasteiger partial charge in [-0.15, -0.1) is 0 Å². The number of carbonyl (C=O) groups is 2. The van der Waals surface area contributed by atoms with E-state index >= 15 is 0 Å². The lowest BCUT2D eigenvalue weighted by Crippen LogP contribution is -2.52. The average Bonchev–Trinajstić information content (AvgIpc) is 2.93. The zero-order chi connectivity index (χ0) is 29.4. The van der Waals surface area contributed by atoms with Gasteiger partial charge in [-0.1, -0.05) is 67.9 Å². The van der Waals surface area contributed by atoms with E-state index in [-0.39, 0.29) is 17.3 Å². The van der Waals surface area contributed by atoms with Gasteiger partial charge in [0.15, 0.2) is 0 Å². The molecule has 3 aromatic rings. The van der Waals surface area contributed by atoms with Gasteiger partial charge in [0.25, 0.3) is 10.0 Å². The molecular weight excluding hydrogens is 522 g/mol. The Morgan fingerprint density at radius 2 is 1.50 bits per heavy atom. The summed E-state index contributed by atoms with van der Waals surface area (Å²) < 4.78 is 29.3. The zero-order valence-corrected chi connectivity index (χ0v) is 25.2. The molecule has 0 fully saturated rings. The summed E-state index contributed by atoms with van der Waals surface area (Å²) in [4.78, 5) is 29.0. The fourth-order valence-corrected chi connectivity index (χ4v) is 6.07. The minimum absolute atomic E-state index is 0.102. The Morgan fingerprint density at radius 3 is 2.12 bits per heavy atom. The van der Waals surface area contributed by atoms with Crippen molar-refractivity contribution in [2.24, 2.45) is 0 Å². The third kappa shape index (κ3) is 7.30. The summed E-state index contributed by atoms with van der Waals surface area (Å²) in [7, 11) is -4.10. The number of aryl methyl sites for hydroxylation is 4. The minimum Gasteiger partial charge on any atom is -0.354 e. The molecular formula is C32H41N3O4S. The van der Waals surface area contributed by atoms with Gasteiger partial charge in [0.05, 0.1) is 10.6 Å². The van der Waals surface area contributed by atoms with Crippen LogP contribution in [0.2, 0.25) is 0 Å². The Balaban J connectivity index is 2.11. The fraction of sp³-hybridized carbons (Fsp3) is 0.375. The Kier molecular flexibility index (Phi) is 10.5. The third-order valence-electron chi connectivity index (χ3n) is 7.06. The Morgan fingerprint density at radius 1 is 0.850 bits per heavy atom. The predicted octanol–water partition coefficient (Wildman–Crippen LogP) is 5.45. The van der Waals surface area contributed by atoms with Crippen LogP contribution in [0.25, 0.3) is 0 Å². The van der Waals surface area contributed by atoms with Gasteiger partial charge in [-0.05, 0) is 81.0 Å². The Bertz CT molecular complexity index is 1430. The number of amides is 2. The number of nitrogens with zero attached hydrogens (tertiary/aromatic N) is 2. The second kappa shape index (κ2) is 13.6. The van der Waals surface area contributed by atoms with E-state index in [1.165, 1.54) is 9.21 Å². The topological polar surface area (TPSA) is 86.8 Å². The van der Waals surface area contributed by atoms with E-state index in [1.807, 2.05) is 77.9 Å². The van der Waals surface area contributed by atoms with Crippen molar-refractivity contribution in [1.29, 1.82) is 0 Å². The predicted molar refractivity (Wildman–Crippen MR) is 161 cm³/mol. The number of hydrogen-bond donors (Lipinski definition) is 1. The van der Waals surface area contributed by atoms with Gasteiger partial charge in [0.2, 0.25) is 11.8 Å². The highest BCUT2D eigenvalue weighted by molar-refractivity contribution is 7.92. The fourth-order valence-electron chi connectivity index (χ4n) is 4.60. The summed E-state index contributed by atoms with van der Waals surface area (Å²) in [6.45, 7) is 11.6. The molecule has 8 heteroatoms. The molecule has 2 amide bonds. The van der Waals surface area contributed by atoms with Gasteiger partial charge in [-0.2, -0.15) is 0 Å². The van der Waals surface area contributed by atoms with E-state index in [2.05, 4.69) is 5.32 Å². The maximum absolute atomic E-state index is 14.2. The maximum Gasteiger partial charge on any atom is 0.264 e. The molecule has 0 spiro atoms. The number of rotatable bonds is 12. The van der Waals surface area contributed by atoms with E-state index < -0.39 is 28.5 Å². The van der Waals surface area contributed by atoms with E-state index in [4.69, 9.17) is 0 Å². The monoisotopic (exact) mass is 563 g/mol. The van der Waals surface area contributed by atoms with Crippen molar-refractivity contribution in [3.05, 3.63) is 94.5 Å². The molecule has 40 heavy (non-hydrogen) atoms. The molecule has 0 aliphatic rings. The highest BCUT2D eigenvalue weighted by Gasteiger charge is 2.34. The molecule has 214 valence electrons. The first-order valence-corrected chi connectivity index (χ1v) is 15.2. The van der Waals surface area contributed by atoms with Gasteiger partial charge in [-0.3, -0.25) is 13.9 Å². The summed E-state index contributed by atoms with van der Waals surface area (Å²) in [5.41, 5.74) is 4.86. The molecule has 0 aliphatic heterocycles. The lowest BCUT2D eigenvalue weighted by atomic mass is 10.1. The molecule has 1 N–H and O–H groups in total. The van der Waals surface area contributed by atoms with Gasteiger partial charge in [-0.25, -0.2) is 8.42 Å². The summed E-state index contributed by atoms with van der Waals surface area (Å²) >= 11 is 0. The van der Waals surface area contributed by atoms with Crippen molar-refractivity contribution in [3.63, 3.8) is 0 Å². The number of nitrogens with one attached hydrogen (secondary N) is 1. The first-order chi connectivity index (χ1) is 19.0. The van der Waals surface area contributed by atoms with E-state index in [0.717, 1.165) is 34.2 Å². The van der Waals surface area contributed by atoms with Crippen LogP contribution in [0.5, 0.6) is 0 Å². The average molecular weight is 564 g/mol. The molecule has 7 nitrogen and oxygen atoms in total. The van der Waals surface area contributed by atoms with Crippen LogP contribution in [0.1, 0.15) is 54.5 Å². The molecule has 0 saturated heterocycles.